The first-order valence-corrected chi connectivity index (χ1v) is 6.69. The first-order valence-electron chi connectivity index (χ1n) is 6.69. The van der Waals surface area contributed by atoms with Gasteiger partial charge in [0.25, 0.3) is 11.8 Å². The van der Waals surface area contributed by atoms with Crippen LogP contribution >= 0.6 is 0 Å². The fourth-order valence-electron chi connectivity index (χ4n) is 1.87. The molecule has 0 radical (unpaired) electrons. The van der Waals surface area contributed by atoms with Crippen molar-refractivity contribution in [1.29, 1.82) is 0 Å². The van der Waals surface area contributed by atoms with Crippen molar-refractivity contribution in [3.05, 3.63) is 64.7 Å². The van der Waals surface area contributed by atoms with Crippen LogP contribution in [0.3, 0.4) is 0 Å². The lowest BCUT2D eigenvalue weighted by molar-refractivity contribution is 0.0706. The number of rotatable bonds is 4. The molecule has 0 saturated carbocycles. The van der Waals surface area contributed by atoms with Crippen molar-refractivity contribution in [3.63, 3.8) is 0 Å². The number of hydrogen-bond donors (Lipinski definition) is 4. The van der Waals surface area contributed by atoms with Gasteiger partial charge in [0.05, 0.1) is 6.21 Å². The minimum Gasteiger partial charge on any atom is -0.507 e. The Labute approximate surface area is 132 Å². The second kappa shape index (κ2) is 7.19. The Morgan fingerprint density at radius 1 is 1.09 bits per heavy atom. The van der Waals surface area contributed by atoms with Crippen LogP contribution in [0.1, 0.15) is 31.8 Å². The molecule has 0 aliphatic heterocycles. The highest BCUT2D eigenvalue weighted by atomic mass is 16.5. The Bertz CT molecular complexity index is 772. The predicted octanol–water partition coefficient (Wildman–Crippen LogP) is 1.58. The number of nitrogens with zero attached hydrogens (tertiary/aromatic N) is 1. The molecule has 0 bridgehead atoms. The molecule has 0 heterocycles. The molecule has 0 atom stereocenters. The minimum atomic E-state index is -0.715. The highest BCUT2D eigenvalue weighted by Gasteiger charge is 2.09. The first-order chi connectivity index (χ1) is 11.0. The summed E-state index contributed by atoms with van der Waals surface area (Å²) in [5, 5.41) is 22.0. The van der Waals surface area contributed by atoms with Crippen molar-refractivity contribution in [2.45, 2.75) is 6.92 Å². The topological polar surface area (TPSA) is 111 Å². The summed E-state index contributed by atoms with van der Waals surface area (Å²) in [4.78, 5) is 23.3. The number of nitrogens with one attached hydrogen (secondary N) is 2. The van der Waals surface area contributed by atoms with E-state index >= 15 is 0 Å². The standard InChI is InChI=1S/C16H15N3O4/c1-10-5-6-14(20)13(7-10)9-17-18-15(21)11-3-2-4-12(8-11)16(22)19-23/h2-9,20,23H,1H3,(H,18,21)(H,19,22)/b17-9+. The lowest BCUT2D eigenvalue weighted by atomic mass is 10.1. The zero-order valence-corrected chi connectivity index (χ0v) is 12.3. The van der Waals surface area contributed by atoms with Gasteiger partial charge in [-0.1, -0.05) is 17.7 Å². The number of phenols is 1. The molecular weight excluding hydrogens is 298 g/mol. The fourth-order valence-corrected chi connectivity index (χ4v) is 1.87. The molecule has 7 nitrogen and oxygen atoms in total. The Hall–Kier alpha value is -3.19. The van der Waals surface area contributed by atoms with Crippen molar-refractivity contribution in [3.8, 4) is 5.75 Å². The largest absolute Gasteiger partial charge is 0.507 e. The summed E-state index contributed by atoms with van der Waals surface area (Å²) in [6.07, 6.45) is 1.32. The maximum absolute atomic E-state index is 12.0. The van der Waals surface area contributed by atoms with Gasteiger partial charge in [0.2, 0.25) is 0 Å². The third-order valence-corrected chi connectivity index (χ3v) is 3.04. The SMILES string of the molecule is Cc1ccc(O)c(/C=N/NC(=O)c2cccc(C(=O)NO)c2)c1. The van der Waals surface area contributed by atoms with E-state index in [0.717, 1.165) is 5.56 Å². The van der Waals surface area contributed by atoms with Crippen LogP contribution in [0.2, 0.25) is 0 Å². The fraction of sp³-hybridized carbons (Fsp3) is 0.0625. The maximum Gasteiger partial charge on any atom is 0.274 e. The molecule has 7 heteroatoms. The Morgan fingerprint density at radius 3 is 2.48 bits per heavy atom. The zero-order valence-electron chi connectivity index (χ0n) is 12.3. The summed E-state index contributed by atoms with van der Waals surface area (Å²) in [6, 6.07) is 10.8. The summed E-state index contributed by atoms with van der Waals surface area (Å²) in [7, 11) is 0. The lowest BCUT2D eigenvalue weighted by Gasteiger charge is -2.03. The van der Waals surface area contributed by atoms with Gasteiger partial charge in [-0.25, -0.2) is 10.9 Å². The second-order valence-corrected chi connectivity index (χ2v) is 4.78. The molecule has 4 N–H and O–H groups in total. The Morgan fingerprint density at radius 2 is 1.78 bits per heavy atom. The minimum absolute atomic E-state index is 0.0511. The Balaban J connectivity index is 2.09. The lowest BCUT2D eigenvalue weighted by Crippen LogP contribution is -2.21. The van der Waals surface area contributed by atoms with Crippen LogP contribution in [0, 0.1) is 6.92 Å². The highest BCUT2D eigenvalue weighted by molar-refractivity contribution is 5.99. The van der Waals surface area contributed by atoms with Gasteiger partial charge in [-0.3, -0.25) is 14.8 Å². The molecule has 0 aliphatic rings. The van der Waals surface area contributed by atoms with E-state index < -0.39 is 11.8 Å². The van der Waals surface area contributed by atoms with E-state index in [-0.39, 0.29) is 16.9 Å². The van der Waals surface area contributed by atoms with Crippen LogP contribution in [0.4, 0.5) is 0 Å². The molecule has 2 rings (SSSR count). The first kappa shape index (κ1) is 16.2. The number of carbonyl (C=O) groups is 2. The molecule has 2 aromatic rings. The average molecular weight is 313 g/mol. The number of hydrogen-bond acceptors (Lipinski definition) is 5. The third kappa shape index (κ3) is 4.14. The van der Waals surface area contributed by atoms with E-state index in [1.54, 1.807) is 12.1 Å². The summed E-state index contributed by atoms with van der Waals surface area (Å²) in [5.41, 5.74) is 5.56. The number of aromatic hydroxyl groups is 1. The molecule has 0 fully saturated rings. The highest BCUT2D eigenvalue weighted by Crippen LogP contribution is 2.15. The van der Waals surface area contributed by atoms with Crippen molar-refractivity contribution < 1.29 is 19.9 Å². The molecule has 118 valence electrons. The number of amides is 2. The van der Waals surface area contributed by atoms with Gasteiger partial charge in [-0.15, -0.1) is 0 Å². The molecule has 2 amide bonds. The number of hydroxylamine groups is 1. The second-order valence-electron chi connectivity index (χ2n) is 4.78. The van der Waals surface area contributed by atoms with E-state index in [4.69, 9.17) is 5.21 Å². The molecule has 0 spiro atoms. The van der Waals surface area contributed by atoms with E-state index in [0.29, 0.717) is 5.56 Å². The van der Waals surface area contributed by atoms with Gasteiger partial charge in [0.1, 0.15) is 5.75 Å². The van der Waals surface area contributed by atoms with Gasteiger partial charge < -0.3 is 5.11 Å². The van der Waals surface area contributed by atoms with Crippen molar-refractivity contribution in [1.82, 2.24) is 10.9 Å². The molecule has 0 unspecified atom stereocenters. The summed E-state index contributed by atoms with van der Waals surface area (Å²) in [5.74, 6) is -1.19. The third-order valence-electron chi connectivity index (χ3n) is 3.04. The van der Waals surface area contributed by atoms with Crippen LogP contribution in [0.5, 0.6) is 5.75 Å². The van der Waals surface area contributed by atoms with Crippen LogP contribution in [-0.2, 0) is 0 Å². The number of aryl methyl sites for hydroxylation is 1. The molecule has 23 heavy (non-hydrogen) atoms. The van der Waals surface area contributed by atoms with Crippen LogP contribution < -0.4 is 10.9 Å². The monoisotopic (exact) mass is 313 g/mol. The summed E-state index contributed by atoms with van der Waals surface area (Å²) in [6.45, 7) is 1.87. The van der Waals surface area contributed by atoms with Crippen LogP contribution in [0.25, 0.3) is 0 Å². The van der Waals surface area contributed by atoms with Crippen molar-refractivity contribution >= 4 is 18.0 Å². The molecular formula is C16H15N3O4. The van der Waals surface area contributed by atoms with E-state index in [2.05, 4.69) is 10.5 Å². The molecule has 0 saturated heterocycles. The summed E-state index contributed by atoms with van der Waals surface area (Å²) < 4.78 is 0. The van der Waals surface area contributed by atoms with Gasteiger partial charge >= 0.3 is 0 Å². The van der Waals surface area contributed by atoms with E-state index in [1.807, 2.05) is 6.92 Å². The van der Waals surface area contributed by atoms with E-state index in [9.17, 15) is 14.7 Å². The maximum atomic E-state index is 12.0. The summed E-state index contributed by atoms with van der Waals surface area (Å²) >= 11 is 0. The van der Waals surface area contributed by atoms with Gasteiger partial charge in [0, 0.05) is 16.7 Å². The molecule has 0 aromatic heterocycles. The van der Waals surface area contributed by atoms with Gasteiger partial charge in [-0.2, -0.15) is 5.10 Å². The van der Waals surface area contributed by atoms with Crippen molar-refractivity contribution in [2.24, 2.45) is 5.10 Å². The molecule has 2 aromatic carbocycles. The zero-order chi connectivity index (χ0) is 16.8. The quantitative estimate of drug-likeness (QED) is 0.390. The average Bonchev–Trinajstić information content (AvgIpc) is 2.57. The van der Waals surface area contributed by atoms with Crippen LogP contribution in [-0.4, -0.2) is 28.3 Å². The number of carbonyl (C=O) groups excluding carboxylic acids is 2. The number of phenolic OH excluding ortho intramolecular Hbond substituents is 1. The number of hydrazone groups is 1. The predicted molar refractivity (Wildman–Crippen MR) is 83.6 cm³/mol. The van der Waals surface area contributed by atoms with Gasteiger partial charge in [0.15, 0.2) is 0 Å². The van der Waals surface area contributed by atoms with E-state index in [1.165, 1.54) is 42.0 Å². The van der Waals surface area contributed by atoms with Crippen molar-refractivity contribution in [2.75, 3.05) is 0 Å². The smallest absolute Gasteiger partial charge is 0.274 e. The van der Waals surface area contributed by atoms with Crippen LogP contribution in [0.15, 0.2) is 47.6 Å². The van der Waals surface area contributed by atoms with Gasteiger partial charge in [-0.05, 0) is 37.3 Å². The Kier molecular flexibility index (Phi) is 5.06. The number of benzene rings is 2. The normalized spacial score (nSPS) is 10.5. The molecule has 0 aliphatic carbocycles.